The summed E-state index contributed by atoms with van der Waals surface area (Å²) in [5.41, 5.74) is 1.73. The highest BCUT2D eigenvalue weighted by molar-refractivity contribution is 7.90. The summed E-state index contributed by atoms with van der Waals surface area (Å²) >= 11 is 0. The number of halogens is 1. The molecule has 0 amide bonds. The molecule has 2 atom stereocenters. The summed E-state index contributed by atoms with van der Waals surface area (Å²) in [6.07, 6.45) is 2.77. The van der Waals surface area contributed by atoms with Crippen molar-refractivity contribution in [2.45, 2.75) is 31.8 Å². The molecule has 0 fully saturated rings. The first kappa shape index (κ1) is 13.5. The normalized spacial score (nSPS) is 20.7. The van der Waals surface area contributed by atoms with Gasteiger partial charge in [0.05, 0.1) is 5.75 Å². The molecule has 3 nitrogen and oxygen atoms in total. The fourth-order valence-corrected chi connectivity index (χ4v) is 3.63. The molecular formula is C13H18FNO2S. The average Bonchev–Trinajstić information content (AvgIpc) is 2.60. The van der Waals surface area contributed by atoms with Gasteiger partial charge in [-0.3, -0.25) is 0 Å². The second kappa shape index (κ2) is 4.97. The SMILES string of the molecule is CC(CS(C)(=O)=O)NC1CCc2c(F)cccc21. The Morgan fingerprint density at radius 2 is 2.22 bits per heavy atom. The lowest BCUT2D eigenvalue weighted by Crippen LogP contribution is -2.34. The monoisotopic (exact) mass is 271 g/mol. The molecule has 0 spiro atoms. The lowest BCUT2D eigenvalue weighted by atomic mass is 10.1. The zero-order valence-electron chi connectivity index (χ0n) is 10.6. The molecule has 5 heteroatoms. The minimum Gasteiger partial charge on any atom is -0.306 e. The third kappa shape index (κ3) is 3.09. The Morgan fingerprint density at radius 1 is 1.50 bits per heavy atom. The van der Waals surface area contributed by atoms with E-state index in [9.17, 15) is 12.8 Å². The van der Waals surface area contributed by atoms with Crippen molar-refractivity contribution in [1.29, 1.82) is 0 Å². The van der Waals surface area contributed by atoms with Gasteiger partial charge >= 0.3 is 0 Å². The molecule has 18 heavy (non-hydrogen) atoms. The van der Waals surface area contributed by atoms with Crippen LogP contribution in [0.1, 0.15) is 30.5 Å². The van der Waals surface area contributed by atoms with Gasteiger partial charge in [0.25, 0.3) is 0 Å². The van der Waals surface area contributed by atoms with Crippen LogP contribution in [0.25, 0.3) is 0 Å². The van der Waals surface area contributed by atoms with Gasteiger partial charge in [0.1, 0.15) is 15.7 Å². The van der Waals surface area contributed by atoms with Crippen LogP contribution in [0, 0.1) is 5.82 Å². The first-order valence-corrected chi connectivity index (χ1v) is 8.14. The second-order valence-corrected chi connectivity index (χ2v) is 7.24. The van der Waals surface area contributed by atoms with Gasteiger partial charge in [-0.2, -0.15) is 0 Å². The van der Waals surface area contributed by atoms with Crippen molar-refractivity contribution in [3.05, 3.63) is 35.1 Å². The highest BCUT2D eigenvalue weighted by atomic mass is 32.2. The Hall–Kier alpha value is -0.940. The average molecular weight is 271 g/mol. The lowest BCUT2D eigenvalue weighted by Gasteiger charge is -2.19. The van der Waals surface area contributed by atoms with E-state index >= 15 is 0 Å². The number of fused-ring (bicyclic) bond motifs is 1. The molecule has 100 valence electrons. The minimum atomic E-state index is -2.99. The Labute approximate surface area is 107 Å². The molecule has 2 rings (SSSR count). The zero-order valence-corrected chi connectivity index (χ0v) is 11.4. The van der Waals surface area contributed by atoms with Gasteiger partial charge in [-0.25, -0.2) is 12.8 Å². The number of benzene rings is 1. The topological polar surface area (TPSA) is 46.2 Å². The van der Waals surface area contributed by atoms with E-state index in [0.29, 0.717) is 6.42 Å². The van der Waals surface area contributed by atoms with Crippen LogP contribution in [0.2, 0.25) is 0 Å². The van der Waals surface area contributed by atoms with Crippen molar-refractivity contribution in [3.63, 3.8) is 0 Å². The number of nitrogens with one attached hydrogen (secondary N) is 1. The Morgan fingerprint density at radius 3 is 2.89 bits per heavy atom. The van der Waals surface area contributed by atoms with Gasteiger partial charge < -0.3 is 5.32 Å². The van der Waals surface area contributed by atoms with Crippen molar-refractivity contribution < 1.29 is 12.8 Å². The van der Waals surface area contributed by atoms with E-state index in [2.05, 4.69) is 5.32 Å². The number of hydrogen-bond acceptors (Lipinski definition) is 3. The highest BCUT2D eigenvalue weighted by Crippen LogP contribution is 2.32. The molecule has 1 aliphatic rings. The predicted molar refractivity (Wildman–Crippen MR) is 69.8 cm³/mol. The van der Waals surface area contributed by atoms with E-state index in [-0.39, 0.29) is 23.7 Å². The number of sulfone groups is 1. The summed E-state index contributed by atoms with van der Waals surface area (Å²) in [6, 6.07) is 5.03. The summed E-state index contributed by atoms with van der Waals surface area (Å²) in [5, 5.41) is 3.27. The molecule has 0 bridgehead atoms. The van der Waals surface area contributed by atoms with Crippen molar-refractivity contribution >= 4 is 9.84 Å². The van der Waals surface area contributed by atoms with Crippen LogP contribution in [0.15, 0.2) is 18.2 Å². The summed E-state index contributed by atoms with van der Waals surface area (Å²) in [6.45, 7) is 1.85. The van der Waals surface area contributed by atoms with Crippen LogP contribution >= 0.6 is 0 Å². The molecule has 0 saturated carbocycles. The fourth-order valence-electron chi connectivity index (χ4n) is 2.63. The molecule has 0 aliphatic heterocycles. The van der Waals surface area contributed by atoms with Crippen LogP contribution in [0.4, 0.5) is 4.39 Å². The number of rotatable bonds is 4. The summed E-state index contributed by atoms with van der Waals surface area (Å²) < 4.78 is 36.0. The van der Waals surface area contributed by atoms with Crippen LogP contribution in [0.5, 0.6) is 0 Å². The van der Waals surface area contributed by atoms with Gasteiger partial charge in [-0.05, 0) is 37.0 Å². The maximum absolute atomic E-state index is 13.5. The summed E-state index contributed by atoms with van der Waals surface area (Å²) in [7, 11) is -2.99. The van der Waals surface area contributed by atoms with Gasteiger partial charge in [0.15, 0.2) is 0 Å². The van der Waals surface area contributed by atoms with E-state index < -0.39 is 9.84 Å². The standard InChI is InChI=1S/C13H18FNO2S/c1-9(8-18(2,16)17)15-13-7-6-10-11(13)4-3-5-12(10)14/h3-5,9,13,15H,6-8H2,1-2H3. The Kier molecular flexibility index (Phi) is 3.73. The van der Waals surface area contributed by atoms with E-state index in [1.807, 2.05) is 13.0 Å². The Balaban J connectivity index is 2.08. The number of hydrogen-bond donors (Lipinski definition) is 1. The first-order chi connectivity index (χ1) is 8.37. The smallest absolute Gasteiger partial charge is 0.148 e. The summed E-state index contributed by atoms with van der Waals surface area (Å²) in [4.78, 5) is 0. The molecule has 1 aromatic rings. The molecule has 1 N–H and O–H groups in total. The fraction of sp³-hybridized carbons (Fsp3) is 0.538. The van der Waals surface area contributed by atoms with Crippen LogP contribution < -0.4 is 5.32 Å². The molecule has 0 saturated heterocycles. The minimum absolute atomic E-state index is 0.0625. The van der Waals surface area contributed by atoms with Crippen molar-refractivity contribution in [2.75, 3.05) is 12.0 Å². The maximum atomic E-state index is 13.5. The van der Waals surface area contributed by atoms with Crippen LogP contribution in [0.3, 0.4) is 0 Å². The van der Waals surface area contributed by atoms with E-state index in [4.69, 9.17) is 0 Å². The molecule has 1 aliphatic carbocycles. The molecule has 0 aromatic heterocycles. The van der Waals surface area contributed by atoms with Gasteiger partial charge in [-0.1, -0.05) is 12.1 Å². The molecule has 0 radical (unpaired) electrons. The van der Waals surface area contributed by atoms with Gasteiger partial charge in [0, 0.05) is 18.3 Å². The highest BCUT2D eigenvalue weighted by Gasteiger charge is 2.26. The third-order valence-corrected chi connectivity index (χ3v) is 4.36. The van der Waals surface area contributed by atoms with Crippen LogP contribution in [-0.4, -0.2) is 26.5 Å². The lowest BCUT2D eigenvalue weighted by molar-refractivity contribution is 0.472. The molecule has 0 heterocycles. The van der Waals surface area contributed by atoms with Crippen molar-refractivity contribution in [2.24, 2.45) is 0 Å². The summed E-state index contributed by atoms with van der Waals surface area (Å²) in [5.74, 6) is -0.0544. The Bertz CT molecular complexity index is 542. The second-order valence-electron chi connectivity index (χ2n) is 5.06. The molecule has 2 unspecified atom stereocenters. The quantitative estimate of drug-likeness (QED) is 0.909. The van der Waals surface area contributed by atoms with Crippen molar-refractivity contribution in [1.82, 2.24) is 5.32 Å². The van der Waals surface area contributed by atoms with E-state index in [1.54, 1.807) is 6.07 Å². The third-order valence-electron chi connectivity index (χ3n) is 3.25. The van der Waals surface area contributed by atoms with E-state index in [0.717, 1.165) is 17.5 Å². The largest absolute Gasteiger partial charge is 0.306 e. The maximum Gasteiger partial charge on any atom is 0.148 e. The van der Waals surface area contributed by atoms with Crippen molar-refractivity contribution in [3.8, 4) is 0 Å². The van der Waals surface area contributed by atoms with Gasteiger partial charge in [-0.15, -0.1) is 0 Å². The van der Waals surface area contributed by atoms with Crippen LogP contribution in [-0.2, 0) is 16.3 Å². The first-order valence-electron chi connectivity index (χ1n) is 6.08. The van der Waals surface area contributed by atoms with Gasteiger partial charge in [0.2, 0.25) is 0 Å². The molecular weight excluding hydrogens is 253 g/mol. The van der Waals surface area contributed by atoms with E-state index in [1.165, 1.54) is 12.3 Å². The predicted octanol–water partition coefficient (Wildman–Crippen LogP) is 1.84. The molecule has 1 aromatic carbocycles. The zero-order chi connectivity index (χ0) is 13.3.